The molecule has 2 aliphatic carbocycles. The highest BCUT2D eigenvalue weighted by Gasteiger charge is 2.21. The molecule has 2 aliphatic rings. The molecule has 0 bridgehead atoms. The van der Waals surface area contributed by atoms with Gasteiger partial charge in [0, 0.05) is 24.2 Å². The van der Waals surface area contributed by atoms with Gasteiger partial charge in [0.25, 0.3) is 0 Å². The molecule has 12 heavy (non-hydrogen) atoms. The fourth-order valence-corrected chi connectivity index (χ4v) is 1.42. The molecule has 2 fully saturated rings. The van der Waals surface area contributed by atoms with Crippen LogP contribution in [0.2, 0.25) is 0 Å². The topological polar surface area (TPSA) is 104 Å². The Bertz CT molecular complexity index is 99.0. The SMILES string of the molecule is N[C@H]1C[C@@H](N)C1.N[C@H]1C[C@H](N)C1. The molecule has 2 saturated carbocycles. The van der Waals surface area contributed by atoms with Gasteiger partial charge in [-0.05, 0) is 25.7 Å². The molecular formula is C8H20N4. The minimum absolute atomic E-state index is 0.417. The lowest BCUT2D eigenvalue weighted by Crippen LogP contribution is -2.45. The van der Waals surface area contributed by atoms with E-state index in [1.54, 1.807) is 0 Å². The summed E-state index contributed by atoms with van der Waals surface area (Å²) in [5.41, 5.74) is 21.6. The van der Waals surface area contributed by atoms with E-state index in [1.807, 2.05) is 0 Å². The fraction of sp³-hybridized carbons (Fsp3) is 1.00. The summed E-state index contributed by atoms with van der Waals surface area (Å²) in [4.78, 5) is 0. The van der Waals surface area contributed by atoms with Gasteiger partial charge in [0.05, 0.1) is 0 Å². The van der Waals surface area contributed by atoms with E-state index in [4.69, 9.17) is 22.9 Å². The average Bonchev–Trinajstić information content (AvgIpc) is 1.84. The summed E-state index contributed by atoms with van der Waals surface area (Å²) >= 11 is 0. The quantitative estimate of drug-likeness (QED) is 0.371. The third-order valence-corrected chi connectivity index (χ3v) is 2.42. The van der Waals surface area contributed by atoms with Crippen LogP contribution in [0.15, 0.2) is 0 Å². The van der Waals surface area contributed by atoms with Gasteiger partial charge in [0.15, 0.2) is 0 Å². The van der Waals surface area contributed by atoms with Crippen molar-refractivity contribution in [3.8, 4) is 0 Å². The van der Waals surface area contributed by atoms with E-state index in [0.29, 0.717) is 24.2 Å². The van der Waals surface area contributed by atoms with Gasteiger partial charge in [-0.15, -0.1) is 0 Å². The van der Waals surface area contributed by atoms with Crippen molar-refractivity contribution in [3.63, 3.8) is 0 Å². The van der Waals surface area contributed by atoms with Crippen molar-refractivity contribution >= 4 is 0 Å². The molecule has 4 heteroatoms. The first-order chi connectivity index (χ1) is 5.58. The van der Waals surface area contributed by atoms with Crippen LogP contribution in [-0.2, 0) is 0 Å². The van der Waals surface area contributed by atoms with Crippen LogP contribution in [0.25, 0.3) is 0 Å². The highest BCUT2D eigenvalue weighted by molar-refractivity contribution is 4.84. The van der Waals surface area contributed by atoms with E-state index >= 15 is 0 Å². The van der Waals surface area contributed by atoms with Gasteiger partial charge in [0.2, 0.25) is 0 Å². The van der Waals surface area contributed by atoms with Gasteiger partial charge in [-0.3, -0.25) is 0 Å². The minimum atomic E-state index is 0.417. The first-order valence-electron chi connectivity index (χ1n) is 4.60. The highest BCUT2D eigenvalue weighted by atomic mass is 14.8. The van der Waals surface area contributed by atoms with Crippen molar-refractivity contribution in [1.29, 1.82) is 0 Å². The number of hydrogen-bond donors (Lipinski definition) is 4. The molecule has 0 radical (unpaired) electrons. The first kappa shape index (κ1) is 9.92. The number of rotatable bonds is 0. The Labute approximate surface area is 73.6 Å². The summed E-state index contributed by atoms with van der Waals surface area (Å²) in [5.74, 6) is 0. The molecule has 0 spiro atoms. The maximum atomic E-state index is 5.39. The van der Waals surface area contributed by atoms with Crippen molar-refractivity contribution in [2.45, 2.75) is 49.9 Å². The van der Waals surface area contributed by atoms with Gasteiger partial charge in [-0.25, -0.2) is 0 Å². The second-order valence-corrected chi connectivity index (χ2v) is 3.98. The van der Waals surface area contributed by atoms with Crippen molar-refractivity contribution in [2.75, 3.05) is 0 Å². The molecule has 72 valence electrons. The second-order valence-electron chi connectivity index (χ2n) is 3.98. The molecule has 0 heterocycles. The molecule has 0 atom stereocenters. The lowest BCUT2D eigenvalue weighted by molar-refractivity contribution is 0.351. The first-order valence-corrected chi connectivity index (χ1v) is 4.60. The van der Waals surface area contributed by atoms with Crippen LogP contribution in [0.1, 0.15) is 25.7 Å². The summed E-state index contributed by atoms with van der Waals surface area (Å²) in [6.07, 6.45) is 4.11. The summed E-state index contributed by atoms with van der Waals surface area (Å²) in [6, 6.07) is 1.67. The highest BCUT2D eigenvalue weighted by Crippen LogP contribution is 2.14. The van der Waals surface area contributed by atoms with Crippen LogP contribution in [0.3, 0.4) is 0 Å². The third kappa shape index (κ3) is 3.06. The Morgan fingerprint density at radius 3 is 0.667 bits per heavy atom. The smallest absolute Gasteiger partial charge is 0.00683 e. The van der Waals surface area contributed by atoms with Crippen LogP contribution >= 0.6 is 0 Å². The third-order valence-electron chi connectivity index (χ3n) is 2.42. The lowest BCUT2D eigenvalue weighted by Gasteiger charge is -2.28. The largest absolute Gasteiger partial charge is 0.328 e. The monoisotopic (exact) mass is 172 g/mol. The maximum Gasteiger partial charge on any atom is 0.00683 e. The summed E-state index contributed by atoms with van der Waals surface area (Å²) in [7, 11) is 0. The molecule has 0 aromatic carbocycles. The van der Waals surface area contributed by atoms with Gasteiger partial charge >= 0.3 is 0 Å². The van der Waals surface area contributed by atoms with Gasteiger partial charge in [0.1, 0.15) is 0 Å². The molecule has 0 amide bonds. The van der Waals surface area contributed by atoms with E-state index in [1.165, 1.54) is 0 Å². The van der Waals surface area contributed by atoms with Gasteiger partial charge in [-0.1, -0.05) is 0 Å². The van der Waals surface area contributed by atoms with E-state index < -0.39 is 0 Å². The van der Waals surface area contributed by atoms with Crippen LogP contribution in [0.5, 0.6) is 0 Å². The predicted molar refractivity (Wildman–Crippen MR) is 50.4 cm³/mol. The van der Waals surface area contributed by atoms with Gasteiger partial charge in [-0.2, -0.15) is 0 Å². The zero-order chi connectivity index (χ0) is 9.14. The molecule has 4 nitrogen and oxygen atoms in total. The Morgan fingerprint density at radius 2 is 0.667 bits per heavy atom. The minimum Gasteiger partial charge on any atom is -0.328 e. The summed E-state index contributed by atoms with van der Waals surface area (Å²) in [5, 5.41) is 0. The lowest BCUT2D eigenvalue weighted by atomic mass is 9.89. The molecule has 0 aromatic heterocycles. The van der Waals surface area contributed by atoms with E-state index in [2.05, 4.69) is 0 Å². The number of hydrogen-bond acceptors (Lipinski definition) is 4. The second kappa shape index (κ2) is 4.18. The Morgan fingerprint density at radius 1 is 0.500 bits per heavy atom. The summed E-state index contributed by atoms with van der Waals surface area (Å²) < 4.78 is 0. The molecule has 2 rings (SSSR count). The maximum absolute atomic E-state index is 5.39. The van der Waals surface area contributed by atoms with Crippen molar-refractivity contribution in [1.82, 2.24) is 0 Å². The normalized spacial score (nSPS) is 45.0. The summed E-state index contributed by atoms with van der Waals surface area (Å²) in [6.45, 7) is 0. The Kier molecular flexibility index (Phi) is 3.46. The zero-order valence-corrected chi connectivity index (χ0v) is 7.45. The molecule has 0 saturated heterocycles. The molecule has 0 unspecified atom stereocenters. The van der Waals surface area contributed by atoms with Crippen LogP contribution in [0.4, 0.5) is 0 Å². The molecule has 8 N–H and O–H groups in total. The molecular weight excluding hydrogens is 152 g/mol. The van der Waals surface area contributed by atoms with Crippen molar-refractivity contribution in [3.05, 3.63) is 0 Å². The van der Waals surface area contributed by atoms with Crippen LogP contribution in [0, 0.1) is 0 Å². The van der Waals surface area contributed by atoms with Gasteiger partial charge < -0.3 is 22.9 Å². The van der Waals surface area contributed by atoms with Crippen molar-refractivity contribution in [2.24, 2.45) is 22.9 Å². The predicted octanol–water partition coefficient (Wildman–Crippen LogP) is -1.13. The standard InChI is InChI=1S/2C4H10N2/c2*5-3-1-4(6)2-3/h2*3-4H,1-2,5-6H2/t3-,4+;3-,4-. The van der Waals surface area contributed by atoms with Crippen molar-refractivity contribution < 1.29 is 0 Å². The molecule has 0 aromatic rings. The Balaban J connectivity index is 0.000000120. The number of nitrogens with two attached hydrogens (primary N) is 4. The molecule has 0 aliphatic heterocycles. The zero-order valence-electron chi connectivity index (χ0n) is 7.45. The van der Waals surface area contributed by atoms with E-state index in [-0.39, 0.29) is 0 Å². The Hall–Kier alpha value is -0.160. The van der Waals surface area contributed by atoms with Crippen LogP contribution < -0.4 is 22.9 Å². The fourth-order valence-electron chi connectivity index (χ4n) is 1.42. The van der Waals surface area contributed by atoms with E-state index in [0.717, 1.165) is 25.7 Å². The average molecular weight is 172 g/mol. The van der Waals surface area contributed by atoms with E-state index in [9.17, 15) is 0 Å². The van der Waals surface area contributed by atoms with Crippen LogP contribution in [-0.4, -0.2) is 24.2 Å².